The predicted molar refractivity (Wildman–Crippen MR) is 127 cm³/mol. The smallest absolute Gasteiger partial charge is 0.253 e. The lowest BCUT2D eigenvalue weighted by Crippen LogP contribution is -2.61. The van der Waals surface area contributed by atoms with Crippen LogP contribution in [-0.4, -0.2) is 79.7 Å². The number of para-hydroxylation sites is 1. The van der Waals surface area contributed by atoms with Gasteiger partial charge >= 0.3 is 0 Å². The highest BCUT2D eigenvalue weighted by molar-refractivity contribution is 5.86. The number of ether oxygens (including phenoxy) is 2. The highest BCUT2D eigenvalue weighted by Gasteiger charge is 2.43. The molecule has 7 nitrogen and oxygen atoms in total. The number of morpholine rings is 1. The first-order chi connectivity index (χ1) is 16.1. The van der Waals surface area contributed by atoms with Crippen molar-refractivity contribution < 1.29 is 19.1 Å². The largest absolute Gasteiger partial charge is 0.491 e. The standard InChI is InChI=1S/C26H39N3O4/c1-28(22-11-3-2-4-12-22)24(30)19-29-16-18-33-26(20-29)14-8-7-10-21-9-5-6-13-23(21)32-17-15-27-25(26)31/h5-6,9,13,22H,2-4,7-8,10-12,14-20H2,1H3,(H,27,31). The van der Waals surface area contributed by atoms with Gasteiger partial charge in [0, 0.05) is 26.2 Å². The van der Waals surface area contributed by atoms with Crippen LogP contribution in [0.4, 0.5) is 0 Å². The van der Waals surface area contributed by atoms with Crippen molar-refractivity contribution >= 4 is 11.8 Å². The van der Waals surface area contributed by atoms with E-state index in [1.807, 2.05) is 30.1 Å². The summed E-state index contributed by atoms with van der Waals surface area (Å²) < 4.78 is 12.1. The number of carbonyl (C=O) groups excluding carboxylic acids is 2. The normalized spacial score (nSPS) is 25.8. The van der Waals surface area contributed by atoms with Crippen molar-refractivity contribution in [2.24, 2.45) is 0 Å². The number of hydrogen-bond donors (Lipinski definition) is 1. The van der Waals surface area contributed by atoms with Crippen molar-refractivity contribution in [2.75, 3.05) is 46.4 Å². The van der Waals surface area contributed by atoms with Gasteiger partial charge in [0.15, 0.2) is 5.60 Å². The minimum atomic E-state index is -0.902. The summed E-state index contributed by atoms with van der Waals surface area (Å²) in [6.45, 7) is 2.81. The summed E-state index contributed by atoms with van der Waals surface area (Å²) in [5.41, 5.74) is 0.307. The first kappa shape index (κ1) is 24.0. The summed E-state index contributed by atoms with van der Waals surface area (Å²) in [5, 5.41) is 3.03. The summed E-state index contributed by atoms with van der Waals surface area (Å²) >= 11 is 0. The molecule has 0 radical (unpaired) electrons. The zero-order valence-corrected chi connectivity index (χ0v) is 20.0. The van der Waals surface area contributed by atoms with Gasteiger partial charge in [0.05, 0.1) is 19.7 Å². The van der Waals surface area contributed by atoms with Gasteiger partial charge in [0.1, 0.15) is 12.4 Å². The Labute approximate surface area is 197 Å². The molecular weight excluding hydrogens is 418 g/mol. The Morgan fingerprint density at radius 3 is 2.82 bits per heavy atom. The van der Waals surface area contributed by atoms with E-state index in [9.17, 15) is 9.59 Å². The molecular formula is C26H39N3O4. The van der Waals surface area contributed by atoms with Gasteiger partial charge in [0.25, 0.3) is 5.91 Å². The molecule has 0 aromatic heterocycles. The SMILES string of the molecule is CN(C(=O)CN1CCOC2(CCCCc3ccccc3OCCNC2=O)C1)C1CCCCC1. The number of likely N-dealkylation sites (N-methyl/N-ethyl adjacent to an activating group) is 1. The Morgan fingerprint density at radius 1 is 1.15 bits per heavy atom. The fraction of sp³-hybridized carbons (Fsp3) is 0.692. The number of rotatable bonds is 3. The Kier molecular flexibility index (Phi) is 8.25. The second-order valence-electron chi connectivity index (χ2n) is 9.77. The molecule has 1 saturated carbocycles. The van der Waals surface area contributed by atoms with Gasteiger partial charge in [-0.25, -0.2) is 0 Å². The number of carbonyl (C=O) groups is 2. The van der Waals surface area contributed by atoms with E-state index in [2.05, 4.69) is 16.3 Å². The highest BCUT2D eigenvalue weighted by Crippen LogP contribution is 2.28. The lowest BCUT2D eigenvalue weighted by Gasteiger charge is -2.42. The molecule has 2 fully saturated rings. The van der Waals surface area contributed by atoms with Gasteiger partial charge in [-0.1, -0.05) is 37.5 Å². The van der Waals surface area contributed by atoms with Gasteiger partial charge < -0.3 is 19.7 Å². The van der Waals surface area contributed by atoms with Crippen molar-refractivity contribution in [1.82, 2.24) is 15.1 Å². The number of aryl methyl sites for hydroxylation is 1. The second-order valence-corrected chi connectivity index (χ2v) is 9.77. The molecule has 2 aliphatic heterocycles. The van der Waals surface area contributed by atoms with Crippen LogP contribution in [0.5, 0.6) is 5.75 Å². The molecule has 1 spiro atoms. The van der Waals surface area contributed by atoms with Gasteiger partial charge in [-0.05, 0) is 50.2 Å². The molecule has 1 unspecified atom stereocenters. The van der Waals surface area contributed by atoms with E-state index in [-0.39, 0.29) is 11.8 Å². The summed E-state index contributed by atoms with van der Waals surface area (Å²) in [4.78, 5) is 30.3. The zero-order valence-electron chi connectivity index (χ0n) is 20.0. The van der Waals surface area contributed by atoms with Crippen LogP contribution in [0.2, 0.25) is 0 Å². The van der Waals surface area contributed by atoms with Crippen molar-refractivity contribution in [3.8, 4) is 5.75 Å². The van der Waals surface area contributed by atoms with Gasteiger partial charge in [0.2, 0.25) is 5.91 Å². The number of nitrogens with one attached hydrogen (secondary N) is 1. The molecule has 182 valence electrons. The number of nitrogens with zero attached hydrogens (tertiary/aromatic N) is 2. The molecule has 2 amide bonds. The summed E-state index contributed by atoms with van der Waals surface area (Å²) in [5.74, 6) is 0.970. The van der Waals surface area contributed by atoms with Crippen LogP contribution >= 0.6 is 0 Å². The predicted octanol–water partition coefficient (Wildman–Crippen LogP) is 2.77. The molecule has 1 N–H and O–H groups in total. The Balaban J connectivity index is 1.39. The zero-order chi connectivity index (χ0) is 23.1. The van der Waals surface area contributed by atoms with Crippen molar-refractivity contribution in [1.29, 1.82) is 0 Å². The van der Waals surface area contributed by atoms with E-state index in [1.165, 1.54) is 24.8 Å². The molecule has 1 saturated heterocycles. The molecule has 2 heterocycles. The monoisotopic (exact) mass is 457 g/mol. The Hall–Kier alpha value is -2.12. The first-order valence-corrected chi connectivity index (χ1v) is 12.7. The lowest BCUT2D eigenvalue weighted by atomic mass is 9.91. The van der Waals surface area contributed by atoms with Crippen molar-refractivity contribution in [2.45, 2.75) is 69.4 Å². The van der Waals surface area contributed by atoms with Crippen molar-refractivity contribution in [3.05, 3.63) is 29.8 Å². The van der Waals surface area contributed by atoms with Gasteiger partial charge in [-0.2, -0.15) is 0 Å². The minimum Gasteiger partial charge on any atom is -0.491 e. The second kappa shape index (κ2) is 11.3. The average molecular weight is 458 g/mol. The van der Waals surface area contributed by atoms with Crippen LogP contribution in [0.1, 0.15) is 56.9 Å². The maximum atomic E-state index is 13.3. The molecule has 3 aliphatic rings. The molecule has 1 aromatic rings. The van der Waals surface area contributed by atoms with Crippen LogP contribution in [0.15, 0.2) is 24.3 Å². The molecule has 7 heteroatoms. The van der Waals surface area contributed by atoms with E-state index in [0.29, 0.717) is 51.9 Å². The first-order valence-electron chi connectivity index (χ1n) is 12.7. The molecule has 1 atom stereocenters. The molecule has 1 aliphatic carbocycles. The van der Waals surface area contributed by atoms with Gasteiger partial charge in [-0.15, -0.1) is 0 Å². The number of amides is 2. The molecule has 1 aromatic carbocycles. The molecule has 4 rings (SSSR count). The topological polar surface area (TPSA) is 71.1 Å². The summed E-state index contributed by atoms with van der Waals surface area (Å²) in [6, 6.07) is 8.49. The lowest BCUT2D eigenvalue weighted by molar-refractivity contribution is -0.164. The van der Waals surface area contributed by atoms with Gasteiger partial charge in [-0.3, -0.25) is 14.5 Å². The highest BCUT2D eigenvalue weighted by atomic mass is 16.5. The molecule has 33 heavy (non-hydrogen) atoms. The van der Waals surface area contributed by atoms with E-state index in [0.717, 1.165) is 37.9 Å². The number of benzene rings is 1. The number of hydrogen-bond acceptors (Lipinski definition) is 5. The van der Waals surface area contributed by atoms with Crippen molar-refractivity contribution in [3.63, 3.8) is 0 Å². The maximum absolute atomic E-state index is 13.3. The minimum absolute atomic E-state index is 0.0854. The molecule has 0 bridgehead atoms. The quantitative estimate of drug-likeness (QED) is 0.756. The van der Waals surface area contributed by atoms with E-state index < -0.39 is 5.60 Å². The van der Waals surface area contributed by atoms with Crippen LogP contribution in [-0.2, 0) is 20.7 Å². The van der Waals surface area contributed by atoms with Crippen LogP contribution in [0, 0.1) is 0 Å². The van der Waals surface area contributed by atoms with Crippen LogP contribution in [0.3, 0.4) is 0 Å². The van der Waals surface area contributed by atoms with Crippen LogP contribution in [0.25, 0.3) is 0 Å². The van der Waals surface area contributed by atoms with E-state index in [1.54, 1.807) is 0 Å². The van der Waals surface area contributed by atoms with E-state index in [4.69, 9.17) is 9.47 Å². The maximum Gasteiger partial charge on any atom is 0.253 e. The average Bonchev–Trinajstić information content (AvgIpc) is 2.84. The Bertz CT molecular complexity index is 810. The summed E-state index contributed by atoms with van der Waals surface area (Å²) in [7, 11) is 1.94. The third-order valence-electron chi connectivity index (χ3n) is 7.45. The Morgan fingerprint density at radius 2 is 1.97 bits per heavy atom. The van der Waals surface area contributed by atoms with Crippen LogP contribution < -0.4 is 10.1 Å². The third-order valence-corrected chi connectivity index (χ3v) is 7.45. The summed E-state index contributed by atoms with van der Waals surface area (Å²) in [6.07, 6.45) is 9.30. The fourth-order valence-electron chi connectivity index (χ4n) is 5.43. The van der Waals surface area contributed by atoms with E-state index >= 15 is 0 Å². The fourth-order valence-corrected chi connectivity index (χ4v) is 5.43. The number of fused-ring (bicyclic) bond motifs is 1. The third kappa shape index (κ3) is 6.07.